The SMILES string of the molecule is Cc1nc(CC(=O)NC23CCC(O)(CC2)CC3)c(C2CCCO2)c(NCc2cccc(C(F)F)c2F)n1. The second-order valence-electron chi connectivity index (χ2n) is 10.7. The number of fused-ring (bicyclic) bond motifs is 3. The first-order valence-electron chi connectivity index (χ1n) is 13.0. The molecule has 2 aromatic rings. The number of hydrogen-bond donors (Lipinski definition) is 3. The van der Waals surface area contributed by atoms with E-state index in [9.17, 15) is 23.1 Å². The molecule has 1 saturated heterocycles. The van der Waals surface area contributed by atoms with E-state index in [4.69, 9.17) is 4.74 Å². The quantitative estimate of drug-likeness (QED) is 0.464. The molecule has 1 aromatic carbocycles. The van der Waals surface area contributed by atoms with Gasteiger partial charge in [-0.05, 0) is 58.3 Å². The zero-order valence-electron chi connectivity index (χ0n) is 21.0. The number of anilines is 1. The van der Waals surface area contributed by atoms with Crippen LogP contribution < -0.4 is 10.6 Å². The number of aryl methyl sites for hydroxylation is 1. The number of halogens is 3. The summed E-state index contributed by atoms with van der Waals surface area (Å²) >= 11 is 0. The molecule has 3 saturated carbocycles. The van der Waals surface area contributed by atoms with Crippen molar-refractivity contribution in [1.29, 1.82) is 0 Å². The highest BCUT2D eigenvalue weighted by molar-refractivity contribution is 5.80. The fourth-order valence-corrected chi connectivity index (χ4v) is 5.98. The number of aromatic nitrogens is 2. The molecular formula is C27H33F3N4O3. The van der Waals surface area contributed by atoms with Crippen LogP contribution in [0, 0.1) is 12.7 Å². The van der Waals surface area contributed by atoms with Crippen molar-refractivity contribution in [3.63, 3.8) is 0 Å². The normalized spacial score (nSPS) is 27.0. The van der Waals surface area contributed by atoms with Crippen LogP contribution in [0.5, 0.6) is 0 Å². The van der Waals surface area contributed by atoms with Crippen LogP contribution in [0.1, 0.15) is 92.1 Å². The van der Waals surface area contributed by atoms with Gasteiger partial charge in [0.1, 0.15) is 17.5 Å². The lowest BCUT2D eigenvalue weighted by molar-refractivity contribution is -0.127. The van der Waals surface area contributed by atoms with E-state index in [0.29, 0.717) is 48.8 Å². The Balaban J connectivity index is 1.38. The van der Waals surface area contributed by atoms with E-state index >= 15 is 0 Å². The molecular weight excluding hydrogens is 485 g/mol. The van der Waals surface area contributed by atoms with Crippen LogP contribution in [0.3, 0.4) is 0 Å². The smallest absolute Gasteiger partial charge is 0.266 e. The maximum atomic E-state index is 14.6. The van der Waals surface area contributed by atoms with Gasteiger partial charge in [0, 0.05) is 29.8 Å². The molecule has 4 fully saturated rings. The van der Waals surface area contributed by atoms with Gasteiger partial charge >= 0.3 is 0 Å². The van der Waals surface area contributed by atoms with Gasteiger partial charge in [0.05, 0.1) is 29.4 Å². The van der Waals surface area contributed by atoms with Crippen molar-refractivity contribution in [3.05, 3.63) is 52.2 Å². The van der Waals surface area contributed by atoms with Gasteiger partial charge in [-0.25, -0.2) is 23.1 Å². The van der Waals surface area contributed by atoms with Gasteiger partial charge in [-0.3, -0.25) is 4.79 Å². The Labute approximate surface area is 214 Å². The van der Waals surface area contributed by atoms with Crippen molar-refractivity contribution in [2.24, 2.45) is 0 Å². The molecule has 1 aromatic heterocycles. The second-order valence-corrected chi connectivity index (χ2v) is 10.7. The Morgan fingerprint density at radius 2 is 1.92 bits per heavy atom. The zero-order valence-corrected chi connectivity index (χ0v) is 21.0. The minimum absolute atomic E-state index is 0.0362. The first-order valence-corrected chi connectivity index (χ1v) is 13.0. The van der Waals surface area contributed by atoms with Gasteiger partial charge in [-0.2, -0.15) is 0 Å². The summed E-state index contributed by atoms with van der Waals surface area (Å²) in [6.45, 7) is 2.23. The van der Waals surface area contributed by atoms with Crippen LogP contribution in [-0.2, 0) is 22.5 Å². The molecule has 3 N–H and O–H groups in total. The molecule has 0 radical (unpaired) electrons. The Morgan fingerprint density at radius 3 is 2.57 bits per heavy atom. The molecule has 3 aliphatic carbocycles. The average molecular weight is 519 g/mol. The number of benzene rings is 1. The molecule has 2 bridgehead atoms. The van der Waals surface area contributed by atoms with E-state index in [1.54, 1.807) is 6.92 Å². The molecule has 1 unspecified atom stereocenters. The van der Waals surface area contributed by atoms with E-state index in [2.05, 4.69) is 20.6 Å². The van der Waals surface area contributed by atoms with E-state index in [-0.39, 0.29) is 36.1 Å². The summed E-state index contributed by atoms with van der Waals surface area (Å²) in [6.07, 6.45) is 2.74. The summed E-state index contributed by atoms with van der Waals surface area (Å²) < 4.78 is 46.9. The molecule has 37 heavy (non-hydrogen) atoms. The molecule has 0 spiro atoms. The number of carbonyl (C=O) groups is 1. The summed E-state index contributed by atoms with van der Waals surface area (Å²) in [6, 6.07) is 3.93. The first kappa shape index (κ1) is 25.9. The molecule has 1 atom stereocenters. The lowest BCUT2D eigenvalue weighted by atomic mass is 9.63. The van der Waals surface area contributed by atoms with Gasteiger partial charge in [-0.15, -0.1) is 0 Å². The minimum atomic E-state index is -2.91. The van der Waals surface area contributed by atoms with E-state index in [1.807, 2.05) is 0 Å². The summed E-state index contributed by atoms with van der Waals surface area (Å²) in [5.74, 6) is -0.235. The number of aliphatic hydroxyl groups is 1. The standard InChI is InChI=1S/C27H33F3N4O3/c1-16-32-19(14-21(35)34-26-7-10-27(36,11-8-26)12-9-26)22(20-6-3-13-37-20)25(33-16)31-15-17-4-2-5-18(23(17)28)24(29)30/h2,4-5,20,24,36H,3,6-15H2,1H3,(H,34,35)(H,31,32,33). The van der Waals surface area contributed by atoms with E-state index in [1.165, 1.54) is 12.1 Å². The molecule has 1 amide bonds. The number of alkyl halides is 2. The highest BCUT2D eigenvalue weighted by Gasteiger charge is 2.48. The highest BCUT2D eigenvalue weighted by atomic mass is 19.3. The van der Waals surface area contributed by atoms with E-state index in [0.717, 1.165) is 38.2 Å². The van der Waals surface area contributed by atoms with Gasteiger partial charge in [0.25, 0.3) is 6.43 Å². The second kappa shape index (κ2) is 10.2. The fourth-order valence-electron chi connectivity index (χ4n) is 5.98. The number of rotatable bonds is 8. The number of amides is 1. The molecule has 7 nitrogen and oxygen atoms in total. The molecule has 6 rings (SSSR count). The Kier molecular flexibility index (Phi) is 7.15. The predicted molar refractivity (Wildman–Crippen MR) is 131 cm³/mol. The van der Waals surface area contributed by atoms with Crippen LogP contribution in [0.15, 0.2) is 18.2 Å². The molecule has 4 aliphatic rings. The van der Waals surface area contributed by atoms with E-state index < -0.39 is 23.4 Å². The topological polar surface area (TPSA) is 96.4 Å². The molecule has 2 heterocycles. The summed E-state index contributed by atoms with van der Waals surface area (Å²) in [5, 5.41) is 16.8. The third-order valence-electron chi connectivity index (χ3n) is 8.12. The van der Waals surface area contributed by atoms with Gasteiger partial charge in [-0.1, -0.05) is 18.2 Å². The Hall–Kier alpha value is -2.72. The van der Waals surface area contributed by atoms with Crippen LogP contribution in [0.4, 0.5) is 19.0 Å². The van der Waals surface area contributed by atoms with Crippen LogP contribution in [0.2, 0.25) is 0 Å². The Bertz CT molecular complexity index is 1150. The number of hydrogen-bond acceptors (Lipinski definition) is 6. The predicted octanol–water partition coefficient (Wildman–Crippen LogP) is 4.82. The van der Waals surface area contributed by atoms with Crippen molar-refractivity contribution < 1.29 is 27.8 Å². The van der Waals surface area contributed by atoms with Crippen molar-refractivity contribution in [2.45, 2.75) is 94.9 Å². The minimum Gasteiger partial charge on any atom is -0.390 e. The maximum absolute atomic E-state index is 14.6. The zero-order chi connectivity index (χ0) is 26.2. The molecule has 10 heteroatoms. The summed E-state index contributed by atoms with van der Waals surface area (Å²) in [5.41, 5.74) is -0.220. The summed E-state index contributed by atoms with van der Waals surface area (Å²) in [4.78, 5) is 22.3. The van der Waals surface area contributed by atoms with Gasteiger partial charge in [0.15, 0.2) is 0 Å². The molecule has 200 valence electrons. The number of ether oxygens (including phenoxy) is 1. The lowest BCUT2D eigenvalue weighted by Crippen LogP contribution is -2.59. The van der Waals surface area contributed by atoms with Crippen molar-refractivity contribution in [1.82, 2.24) is 15.3 Å². The number of nitrogens with zero attached hydrogens (tertiary/aromatic N) is 2. The third kappa shape index (κ3) is 5.45. The average Bonchev–Trinajstić information content (AvgIpc) is 3.38. The van der Waals surface area contributed by atoms with Gasteiger partial charge in [0.2, 0.25) is 5.91 Å². The Morgan fingerprint density at radius 1 is 1.19 bits per heavy atom. The highest BCUT2D eigenvalue weighted by Crippen LogP contribution is 2.46. The maximum Gasteiger partial charge on any atom is 0.266 e. The third-order valence-corrected chi connectivity index (χ3v) is 8.12. The molecule has 1 aliphatic heterocycles. The number of nitrogens with one attached hydrogen (secondary N) is 2. The van der Waals surface area contributed by atoms with Crippen LogP contribution in [0.25, 0.3) is 0 Å². The monoisotopic (exact) mass is 518 g/mol. The summed E-state index contributed by atoms with van der Waals surface area (Å²) in [7, 11) is 0. The van der Waals surface area contributed by atoms with Crippen LogP contribution >= 0.6 is 0 Å². The van der Waals surface area contributed by atoms with Crippen molar-refractivity contribution >= 4 is 11.7 Å². The first-order chi connectivity index (χ1) is 17.7. The van der Waals surface area contributed by atoms with Crippen LogP contribution in [-0.4, -0.2) is 38.7 Å². The number of carbonyl (C=O) groups excluding carboxylic acids is 1. The fraction of sp³-hybridized carbons (Fsp3) is 0.593. The van der Waals surface area contributed by atoms with Crippen molar-refractivity contribution in [3.8, 4) is 0 Å². The van der Waals surface area contributed by atoms with Gasteiger partial charge < -0.3 is 20.5 Å². The largest absolute Gasteiger partial charge is 0.390 e. The van der Waals surface area contributed by atoms with Crippen molar-refractivity contribution in [2.75, 3.05) is 11.9 Å². The lowest BCUT2D eigenvalue weighted by Gasteiger charge is -2.51.